The van der Waals surface area contributed by atoms with Crippen LogP contribution in [-0.4, -0.2) is 94.1 Å². The molecule has 10 heteroatoms. The Labute approximate surface area is 196 Å². The van der Waals surface area contributed by atoms with Gasteiger partial charge in [0, 0.05) is 31.8 Å². The van der Waals surface area contributed by atoms with Gasteiger partial charge < -0.3 is 20.3 Å². The van der Waals surface area contributed by atoms with Crippen molar-refractivity contribution in [1.29, 1.82) is 0 Å². The first kappa shape index (κ1) is 27.7. The Morgan fingerprint density at radius 2 is 1.80 bits per heavy atom. The fourth-order valence-corrected chi connectivity index (χ4v) is 4.15. The molecule has 178 valence electrons. The summed E-state index contributed by atoms with van der Waals surface area (Å²) in [5.74, 6) is 1.29. The maximum atomic E-state index is 12.5. The summed E-state index contributed by atoms with van der Waals surface area (Å²) in [5.41, 5.74) is 0.0336. The third-order valence-electron chi connectivity index (χ3n) is 6.20. The number of alkyl halides is 3. The largest absolute Gasteiger partial charge is 0.401 e. The number of nitrogens with one attached hydrogen (secondary N) is 2. The van der Waals surface area contributed by atoms with E-state index in [-0.39, 0.29) is 29.5 Å². The molecule has 0 aromatic carbocycles. The summed E-state index contributed by atoms with van der Waals surface area (Å²) in [7, 11) is 4.21. The Kier molecular flexibility index (Phi) is 12.3. The molecule has 2 aliphatic heterocycles. The summed E-state index contributed by atoms with van der Waals surface area (Å²) in [6, 6.07) is 0. The second-order valence-electron chi connectivity index (χ2n) is 8.48. The molecule has 2 aliphatic rings. The summed E-state index contributed by atoms with van der Waals surface area (Å²) in [6.07, 6.45) is 0.458. The molecule has 0 aromatic rings. The van der Waals surface area contributed by atoms with E-state index in [1.807, 2.05) is 6.92 Å². The molecule has 0 unspecified atom stereocenters. The van der Waals surface area contributed by atoms with Gasteiger partial charge in [-0.2, -0.15) is 13.2 Å². The topological polar surface area (TPSA) is 52.1 Å². The molecule has 0 spiro atoms. The molecular formula is C20H39F3IN5O. The third-order valence-corrected chi connectivity index (χ3v) is 6.20. The average molecular weight is 549 g/mol. The van der Waals surface area contributed by atoms with Crippen molar-refractivity contribution in [3.8, 4) is 0 Å². The van der Waals surface area contributed by atoms with Crippen molar-refractivity contribution in [3.63, 3.8) is 0 Å². The van der Waals surface area contributed by atoms with E-state index >= 15 is 0 Å². The van der Waals surface area contributed by atoms with E-state index in [4.69, 9.17) is 9.73 Å². The summed E-state index contributed by atoms with van der Waals surface area (Å²) in [6.45, 7) is 6.16. The molecule has 30 heavy (non-hydrogen) atoms. The first-order valence-corrected chi connectivity index (χ1v) is 10.8. The minimum absolute atomic E-state index is 0. The normalized spacial score (nSPS) is 21.4. The van der Waals surface area contributed by atoms with Gasteiger partial charge in [-0.3, -0.25) is 9.89 Å². The highest BCUT2D eigenvalue weighted by Gasteiger charge is 2.35. The van der Waals surface area contributed by atoms with Crippen LogP contribution in [0.15, 0.2) is 4.99 Å². The molecule has 0 radical (unpaired) electrons. The van der Waals surface area contributed by atoms with Crippen LogP contribution in [0.25, 0.3) is 0 Å². The number of hydrogen-bond donors (Lipinski definition) is 2. The highest BCUT2D eigenvalue weighted by molar-refractivity contribution is 14.0. The number of hydrogen-bond acceptors (Lipinski definition) is 4. The van der Waals surface area contributed by atoms with Crippen molar-refractivity contribution in [3.05, 3.63) is 0 Å². The van der Waals surface area contributed by atoms with Gasteiger partial charge in [-0.1, -0.05) is 0 Å². The van der Waals surface area contributed by atoms with Crippen molar-refractivity contribution in [2.45, 2.75) is 50.7 Å². The standard InChI is InChI=1S/C20H38F3N5O.HI/c1-4-24-18(26-15-19(27(2)3)8-13-29-14-9-19)25-10-5-17-6-11-28(12-7-17)16-20(21,22)23;/h17H,4-16H2,1-3H3,(H2,24,25,26);1H. The van der Waals surface area contributed by atoms with Crippen LogP contribution in [0.4, 0.5) is 13.2 Å². The van der Waals surface area contributed by atoms with Gasteiger partial charge >= 0.3 is 6.18 Å². The van der Waals surface area contributed by atoms with Gasteiger partial charge in [-0.15, -0.1) is 24.0 Å². The zero-order valence-corrected chi connectivity index (χ0v) is 20.9. The Morgan fingerprint density at radius 3 is 2.33 bits per heavy atom. The lowest BCUT2D eigenvalue weighted by molar-refractivity contribution is -0.148. The number of nitrogens with zero attached hydrogens (tertiary/aromatic N) is 3. The van der Waals surface area contributed by atoms with Crippen LogP contribution >= 0.6 is 24.0 Å². The quantitative estimate of drug-likeness (QED) is 0.277. The number of ether oxygens (including phenoxy) is 1. The fourth-order valence-electron chi connectivity index (χ4n) is 4.15. The first-order valence-electron chi connectivity index (χ1n) is 10.8. The van der Waals surface area contributed by atoms with E-state index in [2.05, 4.69) is 29.6 Å². The zero-order valence-electron chi connectivity index (χ0n) is 18.6. The van der Waals surface area contributed by atoms with Crippen LogP contribution in [0.3, 0.4) is 0 Å². The molecule has 6 nitrogen and oxygen atoms in total. The van der Waals surface area contributed by atoms with Crippen LogP contribution in [0.5, 0.6) is 0 Å². The Morgan fingerprint density at radius 1 is 1.17 bits per heavy atom. The molecule has 0 bridgehead atoms. The van der Waals surface area contributed by atoms with Crippen LogP contribution < -0.4 is 10.6 Å². The van der Waals surface area contributed by atoms with Crippen molar-refractivity contribution in [1.82, 2.24) is 20.4 Å². The van der Waals surface area contributed by atoms with Crippen LogP contribution in [0.2, 0.25) is 0 Å². The molecule has 2 saturated heterocycles. The third kappa shape index (κ3) is 9.44. The van der Waals surface area contributed by atoms with Crippen LogP contribution in [0.1, 0.15) is 39.0 Å². The summed E-state index contributed by atoms with van der Waals surface area (Å²) < 4.78 is 43.0. The summed E-state index contributed by atoms with van der Waals surface area (Å²) in [4.78, 5) is 8.61. The maximum absolute atomic E-state index is 12.5. The van der Waals surface area contributed by atoms with Gasteiger partial charge in [0.2, 0.25) is 0 Å². The predicted molar refractivity (Wildman–Crippen MR) is 126 cm³/mol. The van der Waals surface area contributed by atoms with Crippen molar-refractivity contribution >= 4 is 29.9 Å². The second-order valence-corrected chi connectivity index (χ2v) is 8.48. The van der Waals surface area contributed by atoms with Gasteiger partial charge in [0.1, 0.15) is 0 Å². The minimum atomic E-state index is -4.10. The second kappa shape index (κ2) is 13.3. The molecule has 0 aliphatic carbocycles. The highest BCUT2D eigenvalue weighted by atomic mass is 127. The van der Waals surface area contributed by atoms with Crippen LogP contribution in [-0.2, 0) is 4.74 Å². The first-order chi connectivity index (χ1) is 13.7. The molecule has 0 atom stereocenters. The van der Waals surface area contributed by atoms with Crippen molar-refractivity contribution in [2.24, 2.45) is 10.9 Å². The minimum Gasteiger partial charge on any atom is -0.381 e. The zero-order chi connectivity index (χ0) is 21.3. The van der Waals surface area contributed by atoms with Crippen LogP contribution in [0, 0.1) is 5.92 Å². The lowest BCUT2D eigenvalue weighted by Crippen LogP contribution is -2.51. The van der Waals surface area contributed by atoms with Gasteiger partial charge in [-0.25, -0.2) is 0 Å². The molecule has 2 rings (SSSR count). The SMILES string of the molecule is CCNC(=NCC1(N(C)C)CCOCC1)NCCC1CCN(CC(F)(F)F)CC1.I. The molecule has 2 fully saturated rings. The number of halogens is 4. The van der Waals surface area contributed by atoms with E-state index in [0.717, 1.165) is 64.4 Å². The monoisotopic (exact) mass is 549 g/mol. The molecule has 2 N–H and O–H groups in total. The molecular weight excluding hydrogens is 510 g/mol. The molecule has 0 aromatic heterocycles. The van der Waals surface area contributed by atoms with Crippen molar-refractivity contribution < 1.29 is 17.9 Å². The Bertz CT molecular complexity index is 505. The smallest absolute Gasteiger partial charge is 0.381 e. The van der Waals surface area contributed by atoms with E-state index in [1.165, 1.54) is 4.90 Å². The number of likely N-dealkylation sites (tertiary alicyclic amines) is 1. The van der Waals surface area contributed by atoms with Gasteiger partial charge in [-0.05, 0) is 72.1 Å². The maximum Gasteiger partial charge on any atom is 0.401 e. The number of piperidine rings is 1. The number of likely N-dealkylation sites (N-methyl/N-ethyl adjacent to an activating group) is 1. The van der Waals surface area contributed by atoms with E-state index in [9.17, 15) is 13.2 Å². The van der Waals surface area contributed by atoms with Gasteiger partial charge in [0.25, 0.3) is 0 Å². The average Bonchev–Trinajstić information content (AvgIpc) is 2.67. The number of aliphatic imine (C=N–C) groups is 1. The van der Waals surface area contributed by atoms with Crippen molar-refractivity contribution in [2.75, 3.05) is 66.6 Å². The Balaban J connectivity index is 0.00000450. The van der Waals surface area contributed by atoms with Gasteiger partial charge in [0.05, 0.1) is 13.1 Å². The molecule has 0 saturated carbocycles. The highest BCUT2D eigenvalue weighted by Crippen LogP contribution is 2.26. The predicted octanol–water partition coefficient (Wildman–Crippen LogP) is 2.93. The Hall–Kier alpha value is -0.330. The number of guanidine groups is 1. The van der Waals surface area contributed by atoms with E-state index < -0.39 is 12.7 Å². The summed E-state index contributed by atoms with van der Waals surface area (Å²) in [5, 5.41) is 6.71. The van der Waals surface area contributed by atoms with E-state index in [1.54, 1.807) is 0 Å². The lowest BCUT2D eigenvalue weighted by Gasteiger charge is -2.41. The molecule has 0 amide bonds. The lowest BCUT2D eigenvalue weighted by atomic mass is 9.89. The molecule has 2 heterocycles. The fraction of sp³-hybridized carbons (Fsp3) is 0.950. The summed E-state index contributed by atoms with van der Waals surface area (Å²) >= 11 is 0. The number of rotatable bonds is 8. The van der Waals surface area contributed by atoms with E-state index in [0.29, 0.717) is 25.6 Å². The van der Waals surface area contributed by atoms with Gasteiger partial charge in [0.15, 0.2) is 5.96 Å².